The number of aryl methyl sites for hydroxylation is 1. The number of fused-ring (bicyclic) bond motifs is 1. The number of likely N-dealkylation sites (tertiary alicyclic amines) is 1. The van der Waals surface area contributed by atoms with Crippen molar-refractivity contribution in [2.45, 2.75) is 45.5 Å². The third-order valence-electron chi connectivity index (χ3n) is 4.96. The van der Waals surface area contributed by atoms with Gasteiger partial charge >= 0.3 is 0 Å². The maximum absolute atomic E-state index is 12.3. The smallest absolute Gasteiger partial charge is 0.248 e. The average Bonchev–Trinajstić information content (AvgIpc) is 3.35. The van der Waals surface area contributed by atoms with Gasteiger partial charge in [-0.3, -0.25) is 14.4 Å². The number of nitrogens with zero attached hydrogens (tertiary/aromatic N) is 5. The number of carbonyl (C=O) groups excluding carboxylic acids is 1. The van der Waals surface area contributed by atoms with E-state index < -0.39 is 0 Å². The van der Waals surface area contributed by atoms with Crippen molar-refractivity contribution in [2.24, 2.45) is 0 Å². The predicted molar refractivity (Wildman–Crippen MR) is 98.7 cm³/mol. The molecule has 0 saturated carbocycles. The van der Waals surface area contributed by atoms with Crippen LogP contribution >= 0.6 is 11.3 Å². The molecule has 1 atom stereocenters. The van der Waals surface area contributed by atoms with Gasteiger partial charge in [0.1, 0.15) is 11.6 Å². The van der Waals surface area contributed by atoms with Gasteiger partial charge in [-0.25, -0.2) is 4.98 Å². The molecule has 140 valence electrons. The summed E-state index contributed by atoms with van der Waals surface area (Å²) in [5, 5.41) is 7.62. The van der Waals surface area contributed by atoms with Gasteiger partial charge in [0.25, 0.3) is 0 Å². The van der Waals surface area contributed by atoms with Crippen molar-refractivity contribution in [2.75, 3.05) is 26.2 Å². The van der Waals surface area contributed by atoms with Crippen LogP contribution in [-0.4, -0.2) is 62.8 Å². The van der Waals surface area contributed by atoms with E-state index >= 15 is 0 Å². The van der Waals surface area contributed by atoms with Crippen LogP contribution in [0.2, 0.25) is 0 Å². The lowest BCUT2D eigenvalue weighted by Crippen LogP contribution is -2.37. The lowest BCUT2D eigenvalue weighted by molar-refractivity contribution is -0.137. The number of rotatable bonds is 5. The van der Waals surface area contributed by atoms with Crippen LogP contribution in [0.4, 0.5) is 0 Å². The fourth-order valence-electron chi connectivity index (χ4n) is 3.63. The molecular weight excluding hydrogens is 350 g/mol. The van der Waals surface area contributed by atoms with Gasteiger partial charge in [0, 0.05) is 43.4 Å². The van der Waals surface area contributed by atoms with Crippen molar-refractivity contribution in [3.05, 3.63) is 34.0 Å². The first-order valence-electron chi connectivity index (χ1n) is 9.21. The van der Waals surface area contributed by atoms with Gasteiger partial charge in [0.05, 0.1) is 24.9 Å². The minimum atomic E-state index is -0.0521. The number of hydrogen-bond acceptors (Lipinski definition) is 6. The molecule has 2 aromatic rings. The second-order valence-corrected chi connectivity index (χ2v) is 8.02. The van der Waals surface area contributed by atoms with Gasteiger partial charge < -0.3 is 9.64 Å². The van der Waals surface area contributed by atoms with Crippen molar-refractivity contribution in [3.8, 4) is 0 Å². The topological polar surface area (TPSA) is 63.5 Å². The van der Waals surface area contributed by atoms with Crippen molar-refractivity contribution in [1.29, 1.82) is 0 Å². The first-order valence-corrected chi connectivity index (χ1v) is 10.1. The van der Waals surface area contributed by atoms with Crippen LogP contribution in [0, 0.1) is 6.92 Å². The zero-order valence-corrected chi connectivity index (χ0v) is 16.0. The van der Waals surface area contributed by atoms with Gasteiger partial charge in [0.2, 0.25) is 5.91 Å². The number of aromatic nitrogens is 3. The van der Waals surface area contributed by atoms with E-state index in [1.165, 1.54) is 5.69 Å². The molecule has 4 heterocycles. The highest BCUT2D eigenvalue weighted by Gasteiger charge is 2.25. The lowest BCUT2D eigenvalue weighted by atomic mass is 10.3. The van der Waals surface area contributed by atoms with Gasteiger partial charge in [-0.05, 0) is 25.8 Å². The molecular formula is C18H25N5O2S. The van der Waals surface area contributed by atoms with Crippen LogP contribution in [0.25, 0.3) is 0 Å². The zero-order valence-electron chi connectivity index (χ0n) is 15.1. The molecule has 2 aromatic heterocycles. The summed E-state index contributed by atoms with van der Waals surface area (Å²) in [6.07, 6.45) is 3.99. The van der Waals surface area contributed by atoms with E-state index in [4.69, 9.17) is 4.74 Å². The summed E-state index contributed by atoms with van der Waals surface area (Å²) in [4.78, 5) is 21.1. The van der Waals surface area contributed by atoms with Crippen molar-refractivity contribution < 1.29 is 9.53 Å². The first kappa shape index (κ1) is 17.6. The molecule has 2 aliphatic rings. The summed E-state index contributed by atoms with van der Waals surface area (Å²) in [6, 6.07) is 2.05. The third-order valence-corrected chi connectivity index (χ3v) is 5.91. The molecule has 7 nitrogen and oxygen atoms in total. The number of ether oxygens (including phenoxy) is 1. The third kappa shape index (κ3) is 4.13. The highest BCUT2D eigenvalue weighted by atomic mass is 32.1. The van der Waals surface area contributed by atoms with Crippen LogP contribution in [0.15, 0.2) is 17.6 Å². The van der Waals surface area contributed by atoms with E-state index in [-0.39, 0.29) is 18.6 Å². The predicted octanol–water partition coefficient (Wildman–Crippen LogP) is 1.67. The van der Waals surface area contributed by atoms with E-state index in [1.807, 2.05) is 22.7 Å². The molecule has 0 radical (unpaired) electrons. The Bertz CT molecular complexity index is 752. The monoisotopic (exact) mass is 375 g/mol. The molecule has 0 aromatic carbocycles. The quantitative estimate of drug-likeness (QED) is 0.796. The second kappa shape index (κ2) is 7.85. The highest BCUT2D eigenvalue weighted by Crippen LogP contribution is 2.19. The zero-order chi connectivity index (χ0) is 17.9. The normalized spacial score (nSPS) is 21.0. The van der Waals surface area contributed by atoms with E-state index in [0.717, 1.165) is 56.3 Å². The Balaban J connectivity index is 1.41. The van der Waals surface area contributed by atoms with Crippen LogP contribution in [0.5, 0.6) is 0 Å². The Morgan fingerprint density at radius 1 is 1.35 bits per heavy atom. The van der Waals surface area contributed by atoms with Crippen LogP contribution < -0.4 is 0 Å². The molecule has 1 saturated heterocycles. The molecule has 0 aliphatic carbocycles. The minimum Gasteiger partial charge on any atom is -0.365 e. The van der Waals surface area contributed by atoms with E-state index in [0.29, 0.717) is 6.54 Å². The summed E-state index contributed by atoms with van der Waals surface area (Å²) in [7, 11) is 0. The van der Waals surface area contributed by atoms with Gasteiger partial charge in [-0.1, -0.05) is 0 Å². The summed E-state index contributed by atoms with van der Waals surface area (Å²) >= 11 is 1.69. The molecule has 1 amide bonds. The summed E-state index contributed by atoms with van der Waals surface area (Å²) < 4.78 is 8.02. The number of hydrogen-bond donors (Lipinski definition) is 0. The lowest BCUT2D eigenvalue weighted by Gasteiger charge is -2.24. The molecule has 2 aliphatic heterocycles. The maximum Gasteiger partial charge on any atom is 0.248 e. The largest absolute Gasteiger partial charge is 0.365 e. The van der Waals surface area contributed by atoms with Gasteiger partial charge in [-0.2, -0.15) is 5.10 Å². The van der Waals surface area contributed by atoms with Crippen LogP contribution in [0.3, 0.4) is 0 Å². The molecule has 1 unspecified atom stereocenters. The van der Waals surface area contributed by atoms with Crippen molar-refractivity contribution in [1.82, 2.24) is 24.6 Å². The fourth-order valence-corrected chi connectivity index (χ4v) is 4.44. The van der Waals surface area contributed by atoms with Crippen LogP contribution in [0.1, 0.15) is 29.2 Å². The summed E-state index contributed by atoms with van der Waals surface area (Å²) in [5.74, 6) is 0.106. The Kier molecular flexibility index (Phi) is 5.33. The highest BCUT2D eigenvalue weighted by molar-refractivity contribution is 7.09. The fraction of sp³-hybridized carbons (Fsp3) is 0.611. The SMILES string of the molecule is Cc1csc(CN2Cc3ccnn3CC(OCC(=O)N3CCCC3)C2)n1. The van der Waals surface area contributed by atoms with E-state index in [9.17, 15) is 4.79 Å². The Hall–Kier alpha value is -1.77. The molecule has 0 bridgehead atoms. The first-order chi connectivity index (χ1) is 12.7. The van der Waals surface area contributed by atoms with Crippen molar-refractivity contribution in [3.63, 3.8) is 0 Å². The second-order valence-electron chi connectivity index (χ2n) is 7.08. The van der Waals surface area contributed by atoms with E-state index in [2.05, 4.69) is 26.4 Å². The summed E-state index contributed by atoms with van der Waals surface area (Å²) in [5.41, 5.74) is 2.24. The number of amides is 1. The number of thiazole rings is 1. The molecule has 0 N–H and O–H groups in total. The molecule has 26 heavy (non-hydrogen) atoms. The minimum absolute atomic E-state index is 0.0521. The Morgan fingerprint density at radius 2 is 2.19 bits per heavy atom. The van der Waals surface area contributed by atoms with Crippen molar-refractivity contribution >= 4 is 17.2 Å². The Labute approximate surface area is 157 Å². The van der Waals surface area contributed by atoms with Crippen LogP contribution in [-0.2, 0) is 29.2 Å². The van der Waals surface area contributed by atoms with E-state index in [1.54, 1.807) is 11.3 Å². The molecule has 8 heteroatoms. The summed E-state index contributed by atoms with van der Waals surface area (Å²) in [6.45, 7) is 6.98. The molecule has 0 spiro atoms. The van der Waals surface area contributed by atoms with Gasteiger partial charge in [-0.15, -0.1) is 11.3 Å². The average molecular weight is 375 g/mol. The maximum atomic E-state index is 12.3. The molecule has 1 fully saturated rings. The van der Waals surface area contributed by atoms with Gasteiger partial charge in [0.15, 0.2) is 0 Å². The molecule has 4 rings (SSSR count). The standard InChI is InChI=1S/C18H25N5O2S/c1-14-13-26-17(20-14)11-21-8-15-4-5-19-23(15)10-16(9-21)25-12-18(24)22-6-2-3-7-22/h4-5,13,16H,2-3,6-12H2,1H3. The number of carbonyl (C=O) groups is 1. The Morgan fingerprint density at radius 3 is 2.96 bits per heavy atom.